The Labute approximate surface area is 157 Å². The van der Waals surface area contributed by atoms with Gasteiger partial charge in [-0.1, -0.05) is 19.0 Å². The highest BCUT2D eigenvalue weighted by atomic mass is 127. The fraction of sp³-hybridized carbons (Fsp3) is 0.571. The van der Waals surface area contributed by atoms with Crippen molar-refractivity contribution in [3.05, 3.63) is 27.8 Å². The number of thiazole rings is 1. The van der Waals surface area contributed by atoms with Gasteiger partial charge in [0.1, 0.15) is 5.01 Å². The van der Waals surface area contributed by atoms with Gasteiger partial charge in [0, 0.05) is 25.4 Å². The predicted molar refractivity (Wildman–Crippen MR) is 103 cm³/mol. The lowest BCUT2D eigenvalue weighted by molar-refractivity contribution is 0.374. The molecule has 0 radical (unpaired) electrons. The first kappa shape index (κ1) is 19.8. The molecule has 2 heterocycles. The van der Waals surface area contributed by atoms with Crippen LogP contribution in [0.15, 0.2) is 14.9 Å². The third-order valence-electron chi connectivity index (χ3n) is 2.99. The Morgan fingerprint density at radius 1 is 1.35 bits per heavy atom. The molecule has 2 aromatic rings. The van der Waals surface area contributed by atoms with E-state index in [0.29, 0.717) is 37.1 Å². The second-order valence-electron chi connectivity index (χ2n) is 5.16. The zero-order valence-electron chi connectivity index (χ0n) is 13.8. The first-order valence-corrected chi connectivity index (χ1v) is 8.14. The Kier molecular flexibility index (Phi) is 8.45. The van der Waals surface area contributed by atoms with Crippen molar-refractivity contribution in [2.24, 2.45) is 4.99 Å². The van der Waals surface area contributed by atoms with Crippen LogP contribution in [-0.2, 0) is 13.0 Å². The molecule has 0 amide bonds. The normalized spacial score (nSPS) is 11.4. The lowest BCUT2D eigenvalue weighted by Gasteiger charge is -2.09. The number of rotatable bonds is 6. The summed E-state index contributed by atoms with van der Waals surface area (Å²) in [6.45, 7) is 7.44. The number of nitrogens with zero attached hydrogens (tertiary/aromatic N) is 4. The van der Waals surface area contributed by atoms with E-state index in [-0.39, 0.29) is 24.0 Å². The number of halogens is 1. The maximum atomic E-state index is 5.06. The molecule has 23 heavy (non-hydrogen) atoms. The van der Waals surface area contributed by atoms with Gasteiger partial charge in [0.25, 0.3) is 0 Å². The monoisotopic (exact) mass is 450 g/mol. The third kappa shape index (κ3) is 6.42. The summed E-state index contributed by atoms with van der Waals surface area (Å²) in [4.78, 5) is 12.9. The minimum absolute atomic E-state index is 0. The Bertz CT molecular complexity index is 624. The van der Waals surface area contributed by atoms with Crippen LogP contribution in [0.25, 0.3) is 0 Å². The SMILES string of the molecule is CN=C(NCCc1nc(C)no1)NCc1nc(C(C)C)cs1.I. The molecule has 7 nitrogen and oxygen atoms in total. The van der Waals surface area contributed by atoms with E-state index < -0.39 is 0 Å². The van der Waals surface area contributed by atoms with Crippen molar-refractivity contribution in [1.82, 2.24) is 25.8 Å². The van der Waals surface area contributed by atoms with E-state index in [2.05, 4.69) is 50.0 Å². The van der Waals surface area contributed by atoms with Crippen molar-refractivity contribution >= 4 is 41.3 Å². The highest BCUT2D eigenvalue weighted by molar-refractivity contribution is 14.0. The van der Waals surface area contributed by atoms with Gasteiger partial charge in [-0.2, -0.15) is 4.98 Å². The van der Waals surface area contributed by atoms with Gasteiger partial charge >= 0.3 is 0 Å². The molecule has 0 unspecified atom stereocenters. The summed E-state index contributed by atoms with van der Waals surface area (Å²) in [6.07, 6.45) is 0.663. The molecule has 0 fully saturated rings. The minimum Gasteiger partial charge on any atom is -0.356 e. The van der Waals surface area contributed by atoms with Crippen LogP contribution in [0.3, 0.4) is 0 Å². The molecule has 0 aliphatic heterocycles. The van der Waals surface area contributed by atoms with Crippen molar-refractivity contribution in [2.75, 3.05) is 13.6 Å². The van der Waals surface area contributed by atoms with Gasteiger partial charge in [-0.05, 0) is 12.8 Å². The first-order chi connectivity index (χ1) is 10.6. The van der Waals surface area contributed by atoms with E-state index >= 15 is 0 Å². The molecule has 0 saturated carbocycles. The average molecular weight is 450 g/mol. The van der Waals surface area contributed by atoms with Crippen molar-refractivity contribution in [2.45, 2.75) is 39.7 Å². The molecular formula is C14H23IN6OS. The standard InChI is InChI=1S/C14H22N6OS.HI/c1-9(2)11-8-22-13(19-11)7-17-14(15-4)16-6-5-12-18-10(3)20-21-12;/h8-9H,5-7H2,1-4H3,(H2,15,16,17);1H. The van der Waals surface area contributed by atoms with E-state index in [1.54, 1.807) is 25.3 Å². The van der Waals surface area contributed by atoms with Crippen LogP contribution in [0.1, 0.15) is 42.2 Å². The summed E-state index contributed by atoms with van der Waals surface area (Å²) in [5, 5.41) is 13.4. The van der Waals surface area contributed by atoms with Gasteiger partial charge in [0.2, 0.25) is 5.89 Å². The molecule has 2 aromatic heterocycles. The molecule has 0 aromatic carbocycles. The van der Waals surface area contributed by atoms with Crippen LogP contribution >= 0.6 is 35.3 Å². The van der Waals surface area contributed by atoms with Crippen molar-refractivity contribution in [3.8, 4) is 0 Å². The smallest absolute Gasteiger partial charge is 0.228 e. The van der Waals surface area contributed by atoms with Gasteiger partial charge in [-0.15, -0.1) is 35.3 Å². The van der Waals surface area contributed by atoms with Crippen LogP contribution in [0.4, 0.5) is 0 Å². The Hall–Kier alpha value is -1.23. The maximum Gasteiger partial charge on any atom is 0.228 e. The summed E-state index contributed by atoms with van der Waals surface area (Å²) in [5.41, 5.74) is 1.14. The maximum absolute atomic E-state index is 5.06. The lowest BCUT2D eigenvalue weighted by atomic mass is 10.2. The highest BCUT2D eigenvalue weighted by Crippen LogP contribution is 2.17. The van der Waals surface area contributed by atoms with Crippen molar-refractivity contribution in [1.29, 1.82) is 0 Å². The van der Waals surface area contributed by atoms with Crippen LogP contribution < -0.4 is 10.6 Å². The predicted octanol–water partition coefficient (Wildman–Crippen LogP) is 2.48. The van der Waals surface area contributed by atoms with Crippen LogP contribution in [0.2, 0.25) is 0 Å². The topological polar surface area (TPSA) is 88.2 Å². The van der Waals surface area contributed by atoms with E-state index in [1.165, 1.54) is 0 Å². The summed E-state index contributed by atoms with van der Waals surface area (Å²) in [7, 11) is 1.74. The Balaban J connectivity index is 0.00000264. The molecule has 0 bridgehead atoms. The second-order valence-corrected chi connectivity index (χ2v) is 6.10. The minimum atomic E-state index is 0. The molecule has 0 aliphatic carbocycles. The molecule has 2 rings (SSSR count). The number of guanidine groups is 1. The third-order valence-corrected chi connectivity index (χ3v) is 3.86. The molecule has 0 spiro atoms. The first-order valence-electron chi connectivity index (χ1n) is 7.26. The number of aryl methyl sites for hydroxylation is 1. The van der Waals surface area contributed by atoms with Crippen LogP contribution in [0, 0.1) is 6.92 Å². The molecule has 9 heteroatoms. The van der Waals surface area contributed by atoms with Crippen molar-refractivity contribution < 1.29 is 4.52 Å². The molecule has 128 valence electrons. The molecule has 0 atom stereocenters. The quantitative estimate of drug-likeness (QED) is 0.400. The summed E-state index contributed by atoms with van der Waals surface area (Å²) >= 11 is 1.66. The van der Waals surface area contributed by atoms with Gasteiger partial charge in [-0.25, -0.2) is 4.98 Å². The number of hydrogen-bond acceptors (Lipinski definition) is 6. The van der Waals surface area contributed by atoms with Crippen molar-refractivity contribution in [3.63, 3.8) is 0 Å². The van der Waals surface area contributed by atoms with Gasteiger partial charge < -0.3 is 15.2 Å². The van der Waals surface area contributed by atoms with E-state index in [1.807, 2.05) is 0 Å². The van der Waals surface area contributed by atoms with E-state index in [4.69, 9.17) is 4.52 Å². The summed E-state index contributed by atoms with van der Waals surface area (Å²) in [6, 6.07) is 0. The number of hydrogen-bond donors (Lipinski definition) is 2. The largest absolute Gasteiger partial charge is 0.356 e. The average Bonchev–Trinajstić information content (AvgIpc) is 3.11. The highest BCUT2D eigenvalue weighted by Gasteiger charge is 2.07. The molecule has 0 saturated heterocycles. The summed E-state index contributed by atoms with van der Waals surface area (Å²) < 4.78 is 5.06. The fourth-order valence-corrected chi connectivity index (χ4v) is 2.68. The molecule has 0 aliphatic rings. The zero-order valence-corrected chi connectivity index (χ0v) is 16.9. The number of nitrogens with one attached hydrogen (secondary N) is 2. The van der Waals surface area contributed by atoms with Crippen LogP contribution in [-0.4, -0.2) is 34.7 Å². The van der Waals surface area contributed by atoms with Crippen LogP contribution in [0.5, 0.6) is 0 Å². The molecule has 2 N–H and O–H groups in total. The Morgan fingerprint density at radius 3 is 2.70 bits per heavy atom. The molecular weight excluding hydrogens is 427 g/mol. The van der Waals surface area contributed by atoms with E-state index in [0.717, 1.165) is 16.7 Å². The number of aromatic nitrogens is 3. The fourth-order valence-electron chi connectivity index (χ4n) is 1.78. The van der Waals surface area contributed by atoms with E-state index in [9.17, 15) is 0 Å². The second kappa shape index (κ2) is 9.81. The Morgan fingerprint density at radius 2 is 2.13 bits per heavy atom. The number of aliphatic imine (C=N–C) groups is 1. The lowest BCUT2D eigenvalue weighted by Crippen LogP contribution is -2.37. The summed E-state index contributed by atoms with van der Waals surface area (Å²) in [5.74, 6) is 2.47. The van der Waals surface area contributed by atoms with Gasteiger partial charge in [0.15, 0.2) is 11.8 Å². The van der Waals surface area contributed by atoms with Gasteiger partial charge in [0.05, 0.1) is 12.2 Å². The zero-order chi connectivity index (χ0) is 15.9. The van der Waals surface area contributed by atoms with Gasteiger partial charge in [-0.3, -0.25) is 4.99 Å².